The molecule has 0 radical (unpaired) electrons. The number of amidine groups is 1. The van der Waals surface area contributed by atoms with E-state index in [0.717, 1.165) is 22.6 Å². The van der Waals surface area contributed by atoms with Gasteiger partial charge in [0.15, 0.2) is 0 Å². The fraction of sp³-hybridized carbons (Fsp3) is 0.263. The van der Waals surface area contributed by atoms with Crippen LogP contribution in [-0.2, 0) is 0 Å². The van der Waals surface area contributed by atoms with Crippen LogP contribution in [0.1, 0.15) is 33.8 Å². The Bertz CT molecular complexity index is 807. The van der Waals surface area contributed by atoms with Crippen molar-refractivity contribution >= 4 is 23.5 Å². The van der Waals surface area contributed by atoms with Crippen LogP contribution in [0.25, 0.3) is 0 Å². The first-order valence-corrected chi connectivity index (χ1v) is 9.35. The van der Waals surface area contributed by atoms with Gasteiger partial charge in [-0.05, 0) is 43.0 Å². The summed E-state index contributed by atoms with van der Waals surface area (Å²) in [7, 11) is 0. The van der Waals surface area contributed by atoms with Gasteiger partial charge in [-0.3, -0.25) is 10.2 Å². The summed E-state index contributed by atoms with van der Waals surface area (Å²) in [5.41, 5.74) is 8.04. The van der Waals surface area contributed by atoms with Crippen molar-refractivity contribution in [2.45, 2.75) is 17.2 Å². The zero-order valence-corrected chi connectivity index (χ0v) is 14.9. The molecule has 0 saturated carbocycles. The van der Waals surface area contributed by atoms with Crippen LogP contribution < -0.4 is 15.8 Å². The zero-order valence-electron chi connectivity index (χ0n) is 14.0. The average Bonchev–Trinajstić information content (AvgIpc) is 3.03. The second-order valence-electron chi connectivity index (χ2n) is 5.92. The van der Waals surface area contributed by atoms with Gasteiger partial charge in [-0.15, -0.1) is 11.8 Å². The molecular formula is C19H21N3O2S. The van der Waals surface area contributed by atoms with E-state index in [2.05, 4.69) is 5.32 Å². The molecule has 1 aliphatic rings. The summed E-state index contributed by atoms with van der Waals surface area (Å²) in [5, 5.41) is 10.6. The van der Waals surface area contributed by atoms with Crippen molar-refractivity contribution in [3.05, 3.63) is 59.2 Å². The van der Waals surface area contributed by atoms with Crippen molar-refractivity contribution in [3.63, 3.8) is 0 Å². The normalized spacial score (nSPS) is 15.3. The maximum absolute atomic E-state index is 12.4. The van der Waals surface area contributed by atoms with Gasteiger partial charge in [-0.1, -0.05) is 12.1 Å². The van der Waals surface area contributed by atoms with E-state index in [1.54, 1.807) is 17.8 Å². The van der Waals surface area contributed by atoms with E-state index >= 15 is 0 Å². The Kier molecular flexibility index (Phi) is 5.28. The molecule has 0 bridgehead atoms. The number of hydrogen-bond donors (Lipinski definition) is 3. The molecule has 0 aliphatic carbocycles. The van der Waals surface area contributed by atoms with E-state index < -0.39 is 0 Å². The Morgan fingerprint density at radius 3 is 2.92 bits per heavy atom. The third-order valence-electron chi connectivity index (χ3n) is 4.33. The number of nitrogens with one attached hydrogen (secondary N) is 2. The number of fused-ring (bicyclic) bond motifs is 1. The van der Waals surface area contributed by atoms with Crippen molar-refractivity contribution in [1.82, 2.24) is 5.32 Å². The number of rotatable bonds is 6. The largest absolute Gasteiger partial charge is 0.493 e. The van der Waals surface area contributed by atoms with Crippen LogP contribution >= 0.6 is 11.8 Å². The lowest BCUT2D eigenvalue weighted by molar-refractivity contribution is 0.0949. The molecule has 1 amide bonds. The smallest absolute Gasteiger partial charge is 0.252 e. The minimum Gasteiger partial charge on any atom is -0.493 e. The monoisotopic (exact) mass is 355 g/mol. The SMILES string of the molecule is CSc1ccccc1C(=O)NCCC1COc2ccc(C(=N)N)cc21. The van der Waals surface area contributed by atoms with Gasteiger partial charge in [0.2, 0.25) is 0 Å². The molecule has 6 heteroatoms. The van der Waals surface area contributed by atoms with Gasteiger partial charge < -0.3 is 15.8 Å². The second-order valence-corrected chi connectivity index (χ2v) is 6.77. The fourth-order valence-electron chi connectivity index (χ4n) is 2.97. The molecule has 0 spiro atoms. The highest BCUT2D eigenvalue weighted by Gasteiger charge is 2.24. The van der Waals surface area contributed by atoms with Crippen LogP contribution in [0.2, 0.25) is 0 Å². The molecule has 3 rings (SSSR count). The predicted molar refractivity (Wildman–Crippen MR) is 101 cm³/mol. The number of nitrogens with two attached hydrogens (primary N) is 1. The van der Waals surface area contributed by atoms with E-state index in [-0.39, 0.29) is 17.7 Å². The van der Waals surface area contributed by atoms with E-state index in [0.29, 0.717) is 24.3 Å². The quantitative estimate of drug-likeness (QED) is 0.422. The van der Waals surface area contributed by atoms with Gasteiger partial charge >= 0.3 is 0 Å². The number of hydrogen-bond acceptors (Lipinski definition) is 4. The standard InChI is InChI=1S/C19H21N3O2S/c1-25-17-5-3-2-4-14(17)19(23)22-9-8-13-11-24-16-7-6-12(18(20)21)10-15(13)16/h2-7,10,13H,8-9,11H2,1H3,(H3,20,21)(H,22,23). The van der Waals surface area contributed by atoms with Gasteiger partial charge in [0.25, 0.3) is 5.91 Å². The molecule has 1 aliphatic heterocycles. The number of benzene rings is 2. The molecule has 4 N–H and O–H groups in total. The molecule has 25 heavy (non-hydrogen) atoms. The Balaban J connectivity index is 1.62. The number of amides is 1. The third-order valence-corrected chi connectivity index (χ3v) is 5.13. The van der Waals surface area contributed by atoms with E-state index in [9.17, 15) is 4.79 Å². The summed E-state index contributed by atoms with van der Waals surface area (Å²) in [6.45, 7) is 1.16. The van der Waals surface area contributed by atoms with E-state index in [4.69, 9.17) is 15.9 Å². The van der Waals surface area contributed by atoms with Crippen molar-refractivity contribution in [2.24, 2.45) is 5.73 Å². The number of nitrogen functional groups attached to an aromatic ring is 1. The fourth-order valence-corrected chi connectivity index (χ4v) is 3.57. The highest BCUT2D eigenvalue weighted by Crippen LogP contribution is 2.36. The van der Waals surface area contributed by atoms with Gasteiger partial charge in [0, 0.05) is 28.5 Å². The van der Waals surface area contributed by atoms with Gasteiger partial charge in [-0.2, -0.15) is 0 Å². The second kappa shape index (κ2) is 7.61. The first-order chi connectivity index (χ1) is 12.1. The van der Waals surface area contributed by atoms with Crippen LogP contribution in [0, 0.1) is 5.41 Å². The molecule has 1 atom stereocenters. The summed E-state index contributed by atoms with van der Waals surface area (Å²) in [6.07, 6.45) is 2.74. The summed E-state index contributed by atoms with van der Waals surface area (Å²) in [5.74, 6) is 1.04. The topological polar surface area (TPSA) is 88.2 Å². The molecule has 0 saturated heterocycles. The molecule has 2 aromatic rings. The lowest BCUT2D eigenvalue weighted by Crippen LogP contribution is -2.26. The Labute approximate surface area is 151 Å². The van der Waals surface area contributed by atoms with Crippen molar-refractivity contribution in [1.29, 1.82) is 5.41 Å². The molecule has 5 nitrogen and oxygen atoms in total. The summed E-state index contributed by atoms with van der Waals surface area (Å²) >= 11 is 1.56. The highest BCUT2D eigenvalue weighted by molar-refractivity contribution is 7.98. The highest BCUT2D eigenvalue weighted by atomic mass is 32.2. The summed E-state index contributed by atoms with van der Waals surface area (Å²) in [6, 6.07) is 13.2. The summed E-state index contributed by atoms with van der Waals surface area (Å²) in [4.78, 5) is 13.4. The Morgan fingerprint density at radius 1 is 1.36 bits per heavy atom. The van der Waals surface area contributed by atoms with Gasteiger partial charge in [0.1, 0.15) is 11.6 Å². The Morgan fingerprint density at radius 2 is 2.16 bits per heavy atom. The molecule has 1 unspecified atom stereocenters. The lowest BCUT2D eigenvalue weighted by Gasteiger charge is -2.12. The Hall–Kier alpha value is -2.47. The summed E-state index contributed by atoms with van der Waals surface area (Å²) < 4.78 is 5.70. The van der Waals surface area contributed by atoms with Crippen LogP contribution in [0.15, 0.2) is 47.4 Å². The van der Waals surface area contributed by atoms with E-state index in [1.165, 1.54) is 0 Å². The minimum absolute atomic E-state index is 0.0513. The number of carbonyl (C=O) groups is 1. The minimum atomic E-state index is -0.0541. The molecule has 130 valence electrons. The first kappa shape index (κ1) is 17.4. The average molecular weight is 355 g/mol. The van der Waals surface area contributed by atoms with Gasteiger partial charge in [-0.25, -0.2) is 0 Å². The van der Waals surface area contributed by atoms with Crippen LogP contribution in [-0.4, -0.2) is 31.2 Å². The lowest BCUT2D eigenvalue weighted by atomic mass is 9.96. The zero-order chi connectivity index (χ0) is 17.8. The van der Waals surface area contributed by atoms with Gasteiger partial charge in [0.05, 0.1) is 12.2 Å². The van der Waals surface area contributed by atoms with Crippen LogP contribution in [0.3, 0.4) is 0 Å². The number of ether oxygens (including phenoxy) is 1. The molecular weight excluding hydrogens is 334 g/mol. The molecule has 1 heterocycles. The maximum Gasteiger partial charge on any atom is 0.252 e. The number of carbonyl (C=O) groups excluding carboxylic acids is 1. The molecule has 2 aromatic carbocycles. The predicted octanol–water partition coefficient (Wildman–Crippen LogP) is 2.99. The molecule has 0 aromatic heterocycles. The van der Waals surface area contributed by atoms with Crippen LogP contribution in [0.5, 0.6) is 5.75 Å². The van der Waals surface area contributed by atoms with E-state index in [1.807, 2.05) is 42.7 Å². The maximum atomic E-state index is 12.4. The van der Waals surface area contributed by atoms with Crippen molar-refractivity contribution < 1.29 is 9.53 Å². The number of thioether (sulfide) groups is 1. The van der Waals surface area contributed by atoms with Crippen molar-refractivity contribution in [3.8, 4) is 5.75 Å². The molecule has 0 fully saturated rings. The first-order valence-electron chi connectivity index (χ1n) is 8.12. The van der Waals surface area contributed by atoms with Crippen molar-refractivity contribution in [2.75, 3.05) is 19.4 Å². The van der Waals surface area contributed by atoms with Crippen LogP contribution in [0.4, 0.5) is 0 Å². The third kappa shape index (κ3) is 3.79.